The van der Waals surface area contributed by atoms with Gasteiger partial charge in [0.05, 0.1) is 10.9 Å². The van der Waals surface area contributed by atoms with E-state index in [4.69, 9.17) is 11.6 Å². The molecule has 0 unspecified atom stereocenters. The number of hydrogen-bond acceptors (Lipinski definition) is 7. The highest BCUT2D eigenvalue weighted by Crippen LogP contribution is 2.29. The summed E-state index contributed by atoms with van der Waals surface area (Å²) in [4.78, 5) is 12.1. The quantitative estimate of drug-likeness (QED) is 0.703. The fourth-order valence-corrected chi connectivity index (χ4v) is 5.97. The lowest BCUT2D eigenvalue weighted by atomic mass is 10.1. The third kappa shape index (κ3) is 4.98. The molecule has 7 nitrogen and oxygen atoms in total. The Balaban J connectivity index is 2.00. The zero-order chi connectivity index (χ0) is 18.6. The van der Waals surface area contributed by atoms with E-state index in [1.807, 2.05) is 0 Å². The van der Waals surface area contributed by atoms with E-state index in [1.54, 1.807) is 0 Å². The van der Waals surface area contributed by atoms with Crippen LogP contribution < -0.4 is 5.32 Å². The molecule has 2 aromatic rings. The minimum Gasteiger partial charge on any atom is -0.299 e. The van der Waals surface area contributed by atoms with Crippen molar-refractivity contribution in [1.29, 1.82) is 0 Å². The highest BCUT2D eigenvalue weighted by Gasteiger charge is 2.25. The fraction of sp³-hybridized carbons (Fsp3) is 0.500. The average molecular weight is 423 g/mol. The third-order valence-electron chi connectivity index (χ3n) is 3.60. The van der Waals surface area contributed by atoms with E-state index in [0.29, 0.717) is 15.4 Å². The monoisotopic (exact) mass is 422 g/mol. The molecule has 138 valence electrons. The Morgan fingerprint density at radius 2 is 1.96 bits per heavy atom. The summed E-state index contributed by atoms with van der Waals surface area (Å²) in [6, 6.07) is 2.93. The summed E-state index contributed by atoms with van der Waals surface area (Å²) in [5, 5.41) is 11.9. The second-order valence-corrected chi connectivity index (χ2v) is 10.3. The van der Waals surface area contributed by atoms with Crippen molar-refractivity contribution in [2.45, 2.75) is 36.8 Å². The van der Waals surface area contributed by atoms with Gasteiger partial charge in [0.1, 0.15) is 9.22 Å². The molecule has 2 heterocycles. The summed E-state index contributed by atoms with van der Waals surface area (Å²) in [5.41, 5.74) is 0. The van der Waals surface area contributed by atoms with Gasteiger partial charge in [0, 0.05) is 13.0 Å². The lowest BCUT2D eigenvalue weighted by Crippen LogP contribution is -2.34. The lowest BCUT2D eigenvalue weighted by Gasteiger charge is -2.14. The number of anilines is 1. The maximum Gasteiger partial charge on any atom is 0.252 e. The molecule has 2 rings (SSSR count). The normalized spacial score (nSPS) is 12.1. The highest BCUT2D eigenvalue weighted by molar-refractivity contribution is 7.91. The number of carbonyl (C=O) groups excluding carboxylic acids is 1. The van der Waals surface area contributed by atoms with Gasteiger partial charge < -0.3 is 0 Å². The van der Waals surface area contributed by atoms with Gasteiger partial charge in [-0.25, -0.2) is 8.42 Å². The van der Waals surface area contributed by atoms with Crippen LogP contribution in [0, 0.1) is 0 Å². The van der Waals surface area contributed by atoms with E-state index < -0.39 is 15.9 Å². The highest BCUT2D eigenvalue weighted by atomic mass is 35.5. The van der Waals surface area contributed by atoms with Crippen molar-refractivity contribution in [2.24, 2.45) is 0 Å². The summed E-state index contributed by atoms with van der Waals surface area (Å²) < 4.78 is 26.2. The molecule has 2 aromatic heterocycles. The summed E-state index contributed by atoms with van der Waals surface area (Å²) in [5.74, 6) is -0.157. The van der Waals surface area contributed by atoms with Crippen LogP contribution in [-0.2, 0) is 14.8 Å². The molecule has 0 aliphatic heterocycles. The Hall–Kier alpha value is -1.07. The van der Waals surface area contributed by atoms with Crippen molar-refractivity contribution in [3.63, 3.8) is 0 Å². The van der Waals surface area contributed by atoms with Crippen LogP contribution in [0.25, 0.3) is 0 Å². The molecule has 0 bridgehead atoms. The first-order valence-corrected chi connectivity index (χ1v) is 11.1. The first-order valence-electron chi connectivity index (χ1n) is 7.62. The molecule has 0 saturated carbocycles. The Labute approximate surface area is 160 Å². The van der Waals surface area contributed by atoms with E-state index in [-0.39, 0.29) is 10.8 Å². The van der Waals surface area contributed by atoms with Gasteiger partial charge in [-0.15, -0.1) is 21.5 Å². The molecule has 25 heavy (non-hydrogen) atoms. The number of halogens is 1. The number of thiophene rings is 1. The predicted molar refractivity (Wildman–Crippen MR) is 101 cm³/mol. The molecular formula is C14H19ClN4O3S3. The van der Waals surface area contributed by atoms with Crippen LogP contribution in [0.3, 0.4) is 0 Å². The van der Waals surface area contributed by atoms with E-state index in [0.717, 1.165) is 33.5 Å². The number of likely N-dealkylation sites (N-methyl/N-ethyl adjacent to an activating group) is 1. The molecular weight excluding hydrogens is 404 g/mol. The molecule has 0 atom stereocenters. The number of hydrogen-bond donors (Lipinski definition) is 1. The number of aromatic nitrogens is 2. The molecule has 0 radical (unpaired) electrons. The molecule has 1 amide bonds. The first kappa shape index (κ1) is 20.2. The van der Waals surface area contributed by atoms with Crippen LogP contribution in [0.2, 0.25) is 4.34 Å². The van der Waals surface area contributed by atoms with Gasteiger partial charge in [-0.05, 0) is 25.0 Å². The van der Waals surface area contributed by atoms with Gasteiger partial charge in [0.25, 0.3) is 10.0 Å². The minimum absolute atomic E-state index is 0.0970. The van der Waals surface area contributed by atoms with E-state index in [9.17, 15) is 13.2 Å². The van der Waals surface area contributed by atoms with Crippen LogP contribution in [0.15, 0.2) is 16.3 Å². The van der Waals surface area contributed by atoms with Crippen LogP contribution in [0.5, 0.6) is 0 Å². The Bertz CT molecular complexity index is 830. The average Bonchev–Trinajstić information content (AvgIpc) is 3.18. The summed E-state index contributed by atoms with van der Waals surface area (Å²) in [6.07, 6.45) is 1.90. The van der Waals surface area contributed by atoms with Crippen molar-refractivity contribution in [3.8, 4) is 0 Å². The van der Waals surface area contributed by atoms with Crippen LogP contribution in [-0.4, -0.2) is 42.4 Å². The maximum atomic E-state index is 12.4. The third-order valence-corrected chi connectivity index (χ3v) is 8.10. The standard InChI is InChI=1S/C14H19ClN4O3S3/c1-4-9(5-2)13-17-18-14(24-13)16-11(20)8-19(3)25(21,22)12-7-6-10(15)23-12/h6-7,9H,4-5,8H2,1-3H3,(H,16,18,20). The smallest absolute Gasteiger partial charge is 0.252 e. The van der Waals surface area contributed by atoms with Crippen LogP contribution in [0.4, 0.5) is 5.13 Å². The number of nitrogens with zero attached hydrogens (tertiary/aromatic N) is 3. The van der Waals surface area contributed by atoms with Crippen LogP contribution >= 0.6 is 34.3 Å². The van der Waals surface area contributed by atoms with Crippen molar-refractivity contribution < 1.29 is 13.2 Å². The fourth-order valence-electron chi connectivity index (χ4n) is 2.12. The minimum atomic E-state index is -3.75. The Morgan fingerprint density at radius 3 is 2.52 bits per heavy atom. The number of rotatable bonds is 8. The molecule has 0 aliphatic carbocycles. The van der Waals surface area contributed by atoms with E-state index in [2.05, 4.69) is 29.4 Å². The molecule has 0 aliphatic rings. The van der Waals surface area contributed by atoms with Crippen molar-refractivity contribution in [3.05, 3.63) is 21.5 Å². The van der Waals surface area contributed by atoms with E-state index in [1.165, 1.54) is 30.5 Å². The van der Waals surface area contributed by atoms with Gasteiger partial charge in [-0.1, -0.05) is 36.8 Å². The van der Waals surface area contributed by atoms with Crippen molar-refractivity contribution in [1.82, 2.24) is 14.5 Å². The van der Waals surface area contributed by atoms with Gasteiger partial charge in [-0.2, -0.15) is 4.31 Å². The largest absolute Gasteiger partial charge is 0.299 e. The number of amides is 1. The molecule has 0 saturated heterocycles. The molecule has 1 N–H and O–H groups in total. The zero-order valence-electron chi connectivity index (χ0n) is 14.0. The van der Waals surface area contributed by atoms with Gasteiger partial charge in [0.2, 0.25) is 11.0 Å². The topological polar surface area (TPSA) is 92.3 Å². The number of sulfonamides is 1. The van der Waals surface area contributed by atoms with Gasteiger partial charge in [0.15, 0.2) is 0 Å². The summed E-state index contributed by atoms with van der Waals surface area (Å²) in [6.45, 7) is 3.83. The molecule has 0 aromatic carbocycles. The number of nitrogens with one attached hydrogen (secondary N) is 1. The predicted octanol–water partition coefficient (Wildman–Crippen LogP) is 3.42. The van der Waals surface area contributed by atoms with Crippen molar-refractivity contribution in [2.75, 3.05) is 18.9 Å². The van der Waals surface area contributed by atoms with Crippen molar-refractivity contribution >= 4 is 55.3 Å². The van der Waals surface area contributed by atoms with Gasteiger partial charge >= 0.3 is 0 Å². The lowest BCUT2D eigenvalue weighted by molar-refractivity contribution is -0.116. The SMILES string of the molecule is CCC(CC)c1nnc(NC(=O)CN(C)S(=O)(=O)c2ccc(Cl)s2)s1. The maximum absolute atomic E-state index is 12.4. The van der Waals surface area contributed by atoms with E-state index >= 15 is 0 Å². The number of carbonyl (C=O) groups is 1. The molecule has 11 heteroatoms. The molecule has 0 fully saturated rings. The zero-order valence-corrected chi connectivity index (χ0v) is 17.2. The first-order chi connectivity index (χ1) is 11.8. The molecule has 0 spiro atoms. The summed E-state index contributed by atoms with van der Waals surface area (Å²) >= 11 is 8.04. The van der Waals surface area contributed by atoms with Gasteiger partial charge in [-0.3, -0.25) is 10.1 Å². The Morgan fingerprint density at radius 1 is 1.28 bits per heavy atom. The summed E-state index contributed by atoms with van der Waals surface area (Å²) in [7, 11) is -2.40. The van der Waals surface area contributed by atoms with Crippen LogP contribution in [0.1, 0.15) is 37.6 Å². The second kappa shape index (κ2) is 8.54. The Kier molecular flexibility index (Phi) is 6.92. The second-order valence-electron chi connectivity index (χ2n) is 5.33.